The van der Waals surface area contributed by atoms with Gasteiger partial charge in [0.25, 0.3) is 0 Å². The molecule has 0 aliphatic carbocycles. The molecule has 24 heavy (non-hydrogen) atoms. The van der Waals surface area contributed by atoms with E-state index in [4.69, 9.17) is 4.74 Å². The Hall–Kier alpha value is -2.69. The molecule has 0 spiro atoms. The number of aryl methyl sites for hydroxylation is 1. The van der Waals surface area contributed by atoms with Gasteiger partial charge in [-0.1, -0.05) is 13.0 Å². The van der Waals surface area contributed by atoms with Gasteiger partial charge in [-0.15, -0.1) is 0 Å². The first kappa shape index (κ1) is 17.7. The van der Waals surface area contributed by atoms with Gasteiger partial charge < -0.3 is 9.64 Å². The van der Waals surface area contributed by atoms with Crippen molar-refractivity contribution in [1.82, 2.24) is 4.98 Å². The van der Waals surface area contributed by atoms with Gasteiger partial charge in [0, 0.05) is 37.3 Å². The standard InChI is InChI=1S/C19H23N3O2/c1-6-7-14(10-20-3)16-8-15-13(2)18(22(4)12-23)11-21-17(15)9-19(16)24-5/h7-12H,6H2,1-5H3/b14-7+,20-10?. The lowest BCUT2D eigenvalue weighted by Gasteiger charge is -2.17. The highest BCUT2D eigenvalue weighted by atomic mass is 16.5. The number of rotatable bonds is 6. The van der Waals surface area contributed by atoms with Crippen molar-refractivity contribution in [1.29, 1.82) is 0 Å². The zero-order valence-electron chi connectivity index (χ0n) is 14.8. The van der Waals surface area contributed by atoms with Crippen molar-refractivity contribution in [3.05, 3.63) is 35.5 Å². The van der Waals surface area contributed by atoms with Gasteiger partial charge in [-0.3, -0.25) is 14.8 Å². The molecular weight excluding hydrogens is 302 g/mol. The molecule has 0 radical (unpaired) electrons. The molecule has 2 aromatic rings. The first-order valence-electron chi connectivity index (χ1n) is 7.85. The predicted molar refractivity (Wildman–Crippen MR) is 100 cm³/mol. The fraction of sp³-hybridized carbons (Fsp3) is 0.316. The van der Waals surface area contributed by atoms with Gasteiger partial charge in [-0.25, -0.2) is 0 Å². The molecule has 0 unspecified atom stereocenters. The van der Waals surface area contributed by atoms with Gasteiger partial charge in [0.2, 0.25) is 6.41 Å². The number of methoxy groups -OCH3 is 1. The maximum atomic E-state index is 11.1. The number of fused-ring (bicyclic) bond motifs is 1. The van der Waals surface area contributed by atoms with Gasteiger partial charge in [-0.2, -0.15) is 0 Å². The van der Waals surface area contributed by atoms with E-state index in [1.807, 2.05) is 19.2 Å². The number of aromatic nitrogens is 1. The third kappa shape index (κ3) is 3.30. The van der Waals surface area contributed by atoms with E-state index >= 15 is 0 Å². The minimum absolute atomic E-state index is 0.755. The van der Waals surface area contributed by atoms with Crippen molar-refractivity contribution in [2.75, 3.05) is 26.1 Å². The highest BCUT2D eigenvalue weighted by molar-refractivity contribution is 6.12. The number of benzene rings is 1. The summed E-state index contributed by atoms with van der Waals surface area (Å²) in [6, 6.07) is 3.98. The molecule has 1 aromatic carbocycles. The summed E-state index contributed by atoms with van der Waals surface area (Å²) in [5.41, 5.74) is 4.60. The number of hydrogen-bond acceptors (Lipinski definition) is 4. The summed E-state index contributed by atoms with van der Waals surface area (Å²) >= 11 is 0. The number of pyridine rings is 1. The molecule has 2 rings (SSSR count). The molecule has 5 heteroatoms. The van der Waals surface area contributed by atoms with Crippen LogP contribution in [0.25, 0.3) is 16.5 Å². The summed E-state index contributed by atoms with van der Waals surface area (Å²) < 4.78 is 5.56. The van der Waals surface area contributed by atoms with Gasteiger partial charge in [-0.05, 0) is 30.5 Å². The number of carbonyl (C=O) groups is 1. The minimum Gasteiger partial charge on any atom is -0.496 e. The van der Waals surface area contributed by atoms with Gasteiger partial charge in [0.15, 0.2) is 0 Å². The first-order valence-corrected chi connectivity index (χ1v) is 7.85. The number of carbonyl (C=O) groups excluding carboxylic acids is 1. The summed E-state index contributed by atoms with van der Waals surface area (Å²) in [6.45, 7) is 4.08. The number of anilines is 1. The summed E-state index contributed by atoms with van der Waals surface area (Å²) in [6.07, 6.45) is 7.33. The predicted octanol–water partition coefficient (Wildman–Crippen LogP) is 3.64. The van der Waals surface area contributed by atoms with Crippen LogP contribution in [0.5, 0.6) is 5.75 Å². The first-order chi connectivity index (χ1) is 11.6. The van der Waals surface area contributed by atoms with E-state index in [9.17, 15) is 4.79 Å². The highest BCUT2D eigenvalue weighted by Crippen LogP contribution is 2.34. The van der Waals surface area contributed by atoms with Crippen molar-refractivity contribution in [3.8, 4) is 5.75 Å². The smallest absolute Gasteiger partial charge is 0.213 e. The van der Waals surface area contributed by atoms with E-state index in [-0.39, 0.29) is 0 Å². The fourth-order valence-corrected chi connectivity index (χ4v) is 2.74. The van der Waals surface area contributed by atoms with Crippen LogP contribution in [0.15, 0.2) is 29.4 Å². The largest absolute Gasteiger partial charge is 0.496 e. The molecular formula is C19H23N3O2. The van der Waals surface area contributed by atoms with Crippen LogP contribution in [0.4, 0.5) is 5.69 Å². The van der Waals surface area contributed by atoms with Crippen LogP contribution in [0.1, 0.15) is 24.5 Å². The third-order valence-electron chi connectivity index (χ3n) is 3.97. The Bertz CT molecular complexity index is 810. The lowest BCUT2D eigenvalue weighted by molar-refractivity contribution is -0.107. The zero-order chi connectivity index (χ0) is 17.7. The average Bonchev–Trinajstić information content (AvgIpc) is 2.60. The minimum atomic E-state index is 0.755. The fourth-order valence-electron chi connectivity index (χ4n) is 2.74. The van der Waals surface area contributed by atoms with Gasteiger partial charge in [0.05, 0.1) is 24.5 Å². The molecule has 5 nitrogen and oxygen atoms in total. The summed E-state index contributed by atoms with van der Waals surface area (Å²) in [5, 5.41) is 0.989. The second kappa shape index (κ2) is 7.73. The summed E-state index contributed by atoms with van der Waals surface area (Å²) in [5.74, 6) is 0.755. The lowest BCUT2D eigenvalue weighted by atomic mass is 9.99. The highest BCUT2D eigenvalue weighted by Gasteiger charge is 2.14. The van der Waals surface area contributed by atoms with Crippen LogP contribution >= 0.6 is 0 Å². The van der Waals surface area contributed by atoms with Crippen molar-refractivity contribution >= 4 is 34.8 Å². The Morgan fingerprint density at radius 1 is 1.42 bits per heavy atom. The average molecular weight is 325 g/mol. The number of ether oxygens (including phenoxy) is 1. The van der Waals surface area contributed by atoms with Gasteiger partial charge >= 0.3 is 0 Å². The molecule has 126 valence electrons. The number of allylic oxidation sites excluding steroid dienone is 2. The maximum absolute atomic E-state index is 11.1. The van der Waals surface area contributed by atoms with E-state index in [0.717, 1.165) is 51.9 Å². The second-order valence-corrected chi connectivity index (χ2v) is 5.51. The Kier molecular flexibility index (Phi) is 5.68. The number of hydrogen-bond donors (Lipinski definition) is 0. The van der Waals surface area contributed by atoms with E-state index in [1.54, 1.807) is 27.4 Å². The van der Waals surface area contributed by atoms with E-state index in [1.165, 1.54) is 4.90 Å². The third-order valence-corrected chi connectivity index (χ3v) is 3.97. The second-order valence-electron chi connectivity index (χ2n) is 5.51. The molecule has 1 amide bonds. The molecule has 0 bridgehead atoms. The van der Waals surface area contributed by atoms with Crippen LogP contribution < -0.4 is 9.64 Å². The quantitative estimate of drug-likeness (QED) is 0.602. The molecule has 0 fully saturated rings. The molecule has 0 saturated carbocycles. The Balaban J connectivity index is 2.77. The van der Waals surface area contributed by atoms with E-state index in [2.05, 4.69) is 29.0 Å². The number of aliphatic imine (C=N–C) groups is 1. The van der Waals surface area contributed by atoms with Gasteiger partial charge in [0.1, 0.15) is 5.75 Å². The zero-order valence-corrected chi connectivity index (χ0v) is 14.8. The van der Waals surface area contributed by atoms with E-state index < -0.39 is 0 Å². The van der Waals surface area contributed by atoms with Crippen molar-refractivity contribution in [2.24, 2.45) is 4.99 Å². The Morgan fingerprint density at radius 3 is 2.75 bits per heavy atom. The maximum Gasteiger partial charge on any atom is 0.213 e. The molecule has 1 aromatic heterocycles. The molecule has 0 saturated heterocycles. The van der Waals surface area contributed by atoms with Crippen LogP contribution in [0.3, 0.4) is 0 Å². The molecule has 0 aliphatic heterocycles. The van der Waals surface area contributed by atoms with E-state index in [0.29, 0.717) is 0 Å². The number of amides is 1. The Labute approximate surface area is 142 Å². The van der Waals surface area contributed by atoms with Crippen molar-refractivity contribution in [3.63, 3.8) is 0 Å². The molecule has 0 N–H and O–H groups in total. The van der Waals surface area contributed by atoms with Crippen molar-refractivity contribution < 1.29 is 9.53 Å². The summed E-state index contributed by atoms with van der Waals surface area (Å²) in [7, 11) is 5.12. The monoisotopic (exact) mass is 325 g/mol. The van der Waals surface area contributed by atoms with Crippen LogP contribution in [-0.2, 0) is 4.79 Å². The number of nitrogens with zero attached hydrogens (tertiary/aromatic N) is 3. The topological polar surface area (TPSA) is 54.8 Å². The Morgan fingerprint density at radius 2 is 2.17 bits per heavy atom. The summed E-state index contributed by atoms with van der Waals surface area (Å²) in [4.78, 5) is 21.2. The van der Waals surface area contributed by atoms with Crippen LogP contribution in [0.2, 0.25) is 0 Å². The molecule has 1 heterocycles. The van der Waals surface area contributed by atoms with Crippen molar-refractivity contribution in [2.45, 2.75) is 20.3 Å². The normalized spacial score (nSPS) is 12.0. The SMILES string of the molecule is CC/C=C(\C=NC)c1cc2c(C)c(N(C)C=O)cnc2cc1OC. The lowest BCUT2D eigenvalue weighted by Crippen LogP contribution is -2.15. The molecule has 0 atom stereocenters. The van der Waals surface area contributed by atoms with Crippen LogP contribution in [0, 0.1) is 6.92 Å². The van der Waals surface area contributed by atoms with Crippen LogP contribution in [-0.4, -0.2) is 38.8 Å². The molecule has 0 aliphatic rings.